The summed E-state index contributed by atoms with van der Waals surface area (Å²) in [6.45, 7) is 3.49. The molecule has 4 heterocycles. The zero-order chi connectivity index (χ0) is 22.4. The predicted octanol–water partition coefficient (Wildman–Crippen LogP) is 4.27. The van der Waals surface area contributed by atoms with Crippen LogP contribution in [0.4, 0.5) is 5.69 Å². The summed E-state index contributed by atoms with van der Waals surface area (Å²) in [5.74, 6) is -0.309. The highest BCUT2D eigenvalue weighted by atomic mass is 16.2. The maximum absolute atomic E-state index is 12.6. The molecule has 1 saturated heterocycles. The molecule has 33 heavy (non-hydrogen) atoms. The topological polar surface area (TPSA) is 57.6 Å². The fraction of sp³-hybridized carbons (Fsp3) is 0.333. The Hall–Kier alpha value is -3.38. The molecule has 3 aliphatic heterocycles. The summed E-state index contributed by atoms with van der Waals surface area (Å²) in [6.07, 6.45) is 6.19. The highest BCUT2D eigenvalue weighted by molar-refractivity contribution is 6.21. The smallest absolute Gasteiger partial charge is 0.261 e. The van der Waals surface area contributed by atoms with E-state index in [1.165, 1.54) is 22.0 Å². The third kappa shape index (κ3) is 3.28. The molecule has 2 amide bonds. The second-order valence-corrected chi connectivity index (χ2v) is 9.38. The number of anilines is 1. The summed E-state index contributed by atoms with van der Waals surface area (Å²) in [7, 11) is 0. The van der Waals surface area contributed by atoms with E-state index in [0.29, 0.717) is 17.7 Å². The van der Waals surface area contributed by atoms with Gasteiger partial charge in [-0.15, -0.1) is 0 Å². The summed E-state index contributed by atoms with van der Waals surface area (Å²) < 4.78 is 2.33. The number of carbonyl (C=O) groups is 2. The fourth-order valence-electron chi connectivity index (χ4n) is 5.79. The number of aromatic nitrogens is 1. The number of amides is 2. The standard InChI is InChI=1S/C27H28N4O2/c32-25-20-9-1-2-10-21(20)26(33)31(25)17-6-5-15-29-16-8-14-27(19-29)24-13-7-18-30(24)23-12-4-3-11-22(23)28-27/h1-4,7,9-13,18,28H,5-6,8,14-17,19H2/t27-/m1/s1. The van der Waals surface area contributed by atoms with Crippen molar-refractivity contribution in [1.82, 2.24) is 14.4 Å². The van der Waals surface area contributed by atoms with Crippen LogP contribution in [0, 0.1) is 0 Å². The van der Waals surface area contributed by atoms with Crippen LogP contribution in [0.5, 0.6) is 0 Å². The number of hydrogen-bond donors (Lipinski definition) is 1. The van der Waals surface area contributed by atoms with Crippen molar-refractivity contribution < 1.29 is 9.59 Å². The molecule has 1 fully saturated rings. The van der Waals surface area contributed by atoms with Crippen molar-refractivity contribution in [1.29, 1.82) is 0 Å². The van der Waals surface area contributed by atoms with E-state index in [2.05, 4.69) is 57.4 Å². The van der Waals surface area contributed by atoms with Gasteiger partial charge >= 0.3 is 0 Å². The van der Waals surface area contributed by atoms with Crippen molar-refractivity contribution in [3.63, 3.8) is 0 Å². The average Bonchev–Trinajstić information content (AvgIpc) is 3.43. The number of rotatable bonds is 5. The number of nitrogens with zero attached hydrogens (tertiary/aromatic N) is 3. The number of hydrogen-bond acceptors (Lipinski definition) is 4. The van der Waals surface area contributed by atoms with Crippen LogP contribution in [0.25, 0.3) is 5.69 Å². The SMILES string of the molecule is O=C1c2ccccc2C(=O)N1CCCCN1CCC[C@]2(C1)Nc1ccccc1-n1cccc12. The van der Waals surface area contributed by atoms with Gasteiger partial charge in [-0.3, -0.25) is 14.5 Å². The number of benzene rings is 2. The van der Waals surface area contributed by atoms with Crippen LogP contribution in [0.2, 0.25) is 0 Å². The number of likely N-dealkylation sites (tertiary alicyclic amines) is 1. The Kier molecular flexibility index (Phi) is 4.84. The van der Waals surface area contributed by atoms with Gasteiger partial charge in [0, 0.05) is 25.0 Å². The van der Waals surface area contributed by atoms with Crippen LogP contribution in [0.3, 0.4) is 0 Å². The van der Waals surface area contributed by atoms with Gasteiger partial charge < -0.3 is 14.8 Å². The van der Waals surface area contributed by atoms with Gasteiger partial charge in [0.15, 0.2) is 0 Å². The summed E-state index contributed by atoms with van der Waals surface area (Å²) >= 11 is 0. The first-order valence-corrected chi connectivity index (χ1v) is 11.9. The van der Waals surface area contributed by atoms with E-state index in [4.69, 9.17) is 0 Å². The lowest BCUT2D eigenvalue weighted by Crippen LogP contribution is -2.53. The number of para-hydroxylation sites is 2. The van der Waals surface area contributed by atoms with Crippen molar-refractivity contribution >= 4 is 17.5 Å². The van der Waals surface area contributed by atoms with E-state index >= 15 is 0 Å². The maximum Gasteiger partial charge on any atom is 0.261 e. The van der Waals surface area contributed by atoms with Crippen molar-refractivity contribution in [3.05, 3.63) is 83.7 Å². The lowest BCUT2D eigenvalue weighted by Gasteiger charge is -2.47. The van der Waals surface area contributed by atoms with Crippen molar-refractivity contribution in [3.8, 4) is 5.69 Å². The first-order chi connectivity index (χ1) is 16.2. The van der Waals surface area contributed by atoms with Gasteiger partial charge in [0.25, 0.3) is 11.8 Å². The number of imide groups is 1. The minimum atomic E-state index is -0.154. The molecule has 6 rings (SSSR count). The molecule has 1 spiro atoms. The second kappa shape index (κ2) is 7.89. The molecule has 0 bridgehead atoms. The number of piperidine rings is 1. The summed E-state index contributed by atoms with van der Waals surface area (Å²) in [5, 5.41) is 3.88. The molecule has 0 saturated carbocycles. The molecule has 0 radical (unpaired) electrons. The zero-order valence-corrected chi connectivity index (χ0v) is 18.7. The molecule has 1 atom stereocenters. The zero-order valence-electron chi connectivity index (χ0n) is 18.7. The van der Waals surface area contributed by atoms with Gasteiger partial charge in [0.2, 0.25) is 0 Å². The van der Waals surface area contributed by atoms with Crippen LogP contribution in [0.15, 0.2) is 66.9 Å². The number of carbonyl (C=O) groups excluding carboxylic acids is 2. The van der Waals surface area contributed by atoms with Crippen molar-refractivity contribution in [2.24, 2.45) is 0 Å². The Labute approximate surface area is 193 Å². The maximum atomic E-state index is 12.6. The monoisotopic (exact) mass is 440 g/mol. The Morgan fingerprint density at radius 2 is 1.58 bits per heavy atom. The van der Waals surface area contributed by atoms with Gasteiger partial charge in [0.1, 0.15) is 0 Å². The van der Waals surface area contributed by atoms with E-state index < -0.39 is 0 Å². The molecule has 0 aliphatic carbocycles. The molecule has 168 valence electrons. The summed E-state index contributed by atoms with van der Waals surface area (Å²) in [6, 6.07) is 20.0. The van der Waals surface area contributed by atoms with Crippen LogP contribution in [-0.2, 0) is 5.54 Å². The highest BCUT2D eigenvalue weighted by Gasteiger charge is 2.42. The number of nitrogens with one attached hydrogen (secondary N) is 1. The van der Waals surface area contributed by atoms with E-state index in [0.717, 1.165) is 45.3 Å². The molecule has 1 N–H and O–H groups in total. The molecule has 2 aromatic carbocycles. The molecule has 3 aliphatic rings. The first kappa shape index (κ1) is 20.2. The Morgan fingerprint density at radius 1 is 0.848 bits per heavy atom. The predicted molar refractivity (Wildman–Crippen MR) is 128 cm³/mol. The minimum Gasteiger partial charge on any atom is -0.371 e. The Bertz CT molecular complexity index is 1200. The van der Waals surface area contributed by atoms with Gasteiger partial charge in [0.05, 0.1) is 28.0 Å². The summed E-state index contributed by atoms with van der Waals surface area (Å²) in [4.78, 5) is 29.1. The van der Waals surface area contributed by atoms with Gasteiger partial charge in [-0.25, -0.2) is 0 Å². The van der Waals surface area contributed by atoms with Crippen LogP contribution >= 0.6 is 0 Å². The third-order valence-corrected chi connectivity index (χ3v) is 7.33. The van der Waals surface area contributed by atoms with E-state index in [9.17, 15) is 9.59 Å². The van der Waals surface area contributed by atoms with Crippen LogP contribution < -0.4 is 5.32 Å². The molecular formula is C27H28N4O2. The largest absolute Gasteiger partial charge is 0.371 e. The normalized spacial score (nSPS) is 21.6. The highest BCUT2D eigenvalue weighted by Crippen LogP contribution is 2.42. The summed E-state index contributed by atoms with van der Waals surface area (Å²) in [5.41, 5.74) is 4.71. The molecule has 6 heteroatoms. The fourth-order valence-corrected chi connectivity index (χ4v) is 5.79. The first-order valence-electron chi connectivity index (χ1n) is 11.9. The van der Waals surface area contributed by atoms with E-state index in [1.807, 2.05) is 12.1 Å². The molecule has 0 unspecified atom stereocenters. The van der Waals surface area contributed by atoms with E-state index in [-0.39, 0.29) is 17.4 Å². The van der Waals surface area contributed by atoms with E-state index in [1.54, 1.807) is 12.1 Å². The van der Waals surface area contributed by atoms with Gasteiger partial charge in [-0.1, -0.05) is 24.3 Å². The third-order valence-electron chi connectivity index (χ3n) is 7.33. The lowest BCUT2D eigenvalue weighted by atomic mass is 9.83. The lowest BCUT2D eigenvalue weighted by molar-refractivity contribution is 0.0649. The number of unbranched alkanes of at least 4 members (excludes halogenated alkanes) is 1. The molecule has 1 aromatic heterocycles. The average molecular weight is 441 g/mol. The second-order valence-electron chi connectivity index (χ2n) is 9.38. The van der Waals surface area contributed by atoms with Crippen LogP contribution in [-0.4, -0.2) is 52.4 Å². The Morgan fingerprint density at radius 3 is 2.39 bits per heavy atom. The molecule has 3 aromatic rings. The van der Waals surface area contributed by atoms with Crippen LogP contribution in [0.1, 0.15) is 52.1 Å². The molecule has 6 nitrogen and oxygen atoms in total. The minimum absolute atomic E-state index is 0.0847. The Balaban J connectivity index is 1.10. The number of fused-ring (bicyclic) bond motifs is 5. The quantitative estimate of drug-likeness (QED) is 0.476. The van der Waals surface area contributed by atoms with Crippen molar-refractivity contribution in [2.45, 2.75) is 31.2 Å². The van der Waals surface area contributed by atoms with Gasteiger partial charge in [-0.2, -0.15) is 0 Å². The molecular weight excluding hydrogens is 412 g/mol. The van der Waals surface area contributed by atoms with Gasteiger partial charge in [-0.05, 0) is 75.2 Å². The van der Waals surface area contributed by atoms with Crippen molar-refractivity contribution in [2.75, 3.05) is 31.5 Å².